The van der Waals surface area contributed by atoms with Gasteiger partial charge in [0.2, 0.25) is 0 Å². The maximum absolute atomic E-state index is 14.4. The Labute approximate surface area is 174 Å². The number of halogens is 1. The molecule has 0 spiro atoms. The Balaban J connectivity index is 1.61. The summed E-state index contributed by atoms with van der Waals surface area (Å²) in [6, 6.07) is 13.2. The van der Waals surface area contributed by atoms with E-state index in [1.54, 1.807) is 12.0 Å². The third-order valence-electron chi connectivity index (χ3n) is 5.09. The molecule has 0 bridgehead atoms. The van der Waals surface area contributed by atoms with Crippen molar-refractivity contribution in [3.05, 3.63) is 65.5 Å². The molecule has 160 valence electrons. The Bertz CT molecular complexity index is 877. The highest BCUT2D eigenvalue weighted by Gasteiger charge is 2.32. The SMILES string of the molecule is COC(=O)c1ccc(F)c(N2CC[C@@H](NC(=O)OCc3ccccc3)[C@@H](OC)C2)c1. The molecule has 3 rings (SSSR count). The summed E-state index contributed by atoms with van der Waals surface area (Å²) in [5, 5.41) is 2.83. The van der Waals surface area contributed by atoms with Crippen molar-refractivity contribution < 1.29 is 28.2 Å². The van der Waals surface area contributed by atoms with Crippen molar-refractivity contribution in [3.8, 4) is 0 Å². The highest BCUT2D eigenvalue weighted by molar-refractivity contribution is 5.90. The number of carbonyl (C=O) groups is 2. The number of hydrogen-bond acceptors (Lipinski definition) is 6. The molecule has 0 aromatic heterocycles. The van der Waals surface area contributed by atoms with Crippen LogP contribution >= 0.6 is 0 Å². The molecule has 8 heteroatoms. The molecule has 30 heavy (non-hydrogen) atoms. The predicted molar refractivity (Wildman–Crippen MR) is 109 cm³/mol. The minimum atomic E-state index is -0.530. The molecule has 2 aromatic carbocycles. The maximum atomic E-state index is 14.4. The van der Waals surface area contributed by atoms with Crippen molar-refractivity contribution in [1.29, 1.82) is 0 Å². The van der Waals surface area contributed by atoms with Crippen LogP contribution in [0.4, 0.5) is 14.9 Å². The fourth-order valence-electron chi connectivity index (χ4n) is 3.46. The summed E-state index contributed by atoms with van der Waals surface area (Å²) >= 11 is 0. The monoisotopic (exact) mass is 416 g/mol. The van der Waals surface area contributed by atoms with Crippen molar-refractivity contribution in [2.75, 3.05) is 32.2 Å². The summed E-state index contributed by atoms with van der Waals surface area (Å²) in [5.74, 6) is -0.969. The van der Waals surface area contributed by atoms with Gasteiger partial charge in [0, 0.05) is 20.2 Å². The van der Waals surface area contributed by atoms with E-state index in [9.17, 15) is 14.0 Å². The fourth-order valence-corrected chi connectivity index (χ4v) is 3.46. The smallest absolute Gasteiger partial charge is 0.407 e. The van der Waals surface area contributed by atoms with Crippen LogP contribution < -0.4 is 10.2 Å². The molecule has 2 atom stereocenters. The molecule has 1 amide bonds. The van der Waals surface area contributed by atoms with Gasteiger partial charge in [0.25, 0.3) is 0 Å². The van der Waals surface area contributed by atoms with Gasteiger partial charge in [-0.05, 0) is 30.2 Å². The zero-order chi connectivity index (χ0) is 21.5. The molecule has 2 aromatic rings. The second-order valence-electron chi connectivity index (χ2n) is 6.98. The summed E-state index contributed by atoms with van der Waals surface area (Å²) in [5.41, 5.74) is 1.46. The third-order valence-corrected chi connectivity index (χ3v) is 5.09. The molecule has 0 radical (unpaired) electrons. The molecule has 0 unspecified atom stereocenters. The van der Waals surface area contributed by atoms with Crippen LogP contribution in [0.3, 0.4) is 0 Å². The van der Waals surface area contributed by atoms with Crippen LogP contribution in [-0.4, -0.2) is 51.5 Å². The number of nitrogens with one attached hydrogen (secondary N) is 1. The average molecular weight is 416 g/mol. The number of nitrogens with zero attached hydrogens (tertiary/aromatic N) is 1. The Morgan fingerprint density at radius 3 is 2.63 bits per heavy atom. The number of anilines is 1. The van der Waals surface area contributed by atoms with Gasteiger partial charge >= 0.3 is 12.1 Å². The van der Waals surface area contributed by atoms with E-state index in [0.29, 0.717) is 25.2 Å². The van der Waals surface area contributed by atoms with Crippen LogP contribution in [0, 0.1) is 5.82 Å². The predicted octanol–water partition coefficient (Wildman–Crippen LogP) is 3.13. The number of esters is 1. The van der Waals surface area contributed by atoms with Gasteiger partial charge in [-0.15, -0.1) is 0 Å². The van der Waals surface area contributed by atoms with E-state index in [1.165, 1.54) is 25.3 Å². The molecule has 1 N–H and O–H groups in total. The van der Waals surface area contributed by atoms with Gasteiger partial charge in [-0.25, -0.2) is 14.0 Å². The lowest BCUT2D eigenvalue weighted by Gasteiger charge is -2.39. The van der Waals surface area contributed by atoms with E-state index >= 15 is 0 Å². The summed E-state index contributed by atoms with van der Waals surface area (Å²) in [6.45, 7) is 1.00. The number of hydrogen-bond donors (Lipinski definition) is 1. The zero-order valence-electron chi connectivity index (χ0n) is 17.0. The third kappa shape index (κ3) is 5.27. The Morgan fingerprint density at radius 1 is 1.17 bits per heavy atom. The fraction of sp³-hybridized carbons (Fsp3) is 0.364. The molecule has 1 saturated heterocycles. The number of benzene rings is 2. The van der Waals surface area contributed by atoms with E-state index < -0.39 is 17.9 Å². The van der Waals surface area contributed by atoms with Crippen molar-refractivity contribution in [2.24, 2.45) is 0 Å². The largest absolute Gasteiger partial charge is 0.465 e. The Kier molecular flexibility index (Phi) is 7.24. The molecule has 7 nitrogen and oxygen atoms in total. The summed E-state index contributed by atoms with van der Waals surface area (Å²) in [4.78, 5) is 25.8. The maximum Gasteiger partial charge on any atom is 0.407 e. The minimum absolute atomic E-state index is 0.175. The van der Waals surface area contributed by atoms with Crippen LogP contribution in [0.15, 0.2) is 48.5 Å². The lowest BCUT2D eigenvalue weighted by Crippen LogP contribution is -2.55. The number of alkyl carbamates (subject to hydrolysis) is 1. The zero-order valence-corrected chi connectivity index (χ0v) is 17.0. The second-order valence-corrected chi connectivity index (χ2v) is 6.98. The average Bonchev–Trinajstić information content (AvgIpc) is 2.78. The van der Waals surface area contributed by atoms with Crippen molar-refractivity contribution in [2.45, 2.75) is 25.2 Å². The molecule has 0 aliphatic carbocycles. The second kappa shape index (κ2) is 10.1. The van der Waals surface area contributed by atoms with Crippen molar-refractivity contribution >= 4 is 17.7 Å². The quantitative estimate of drug-likeness (QED) is 0.729. The first-order valence-corrected chi connectivity index (χ1v) is 9.64. The van der Waals surface area contributed by atoms with Gasteiger partial charge in [-0.2, -0.15) is 0 Å². The number of amides is 1. The van der Waals surface area contributed by atoms with Crippen LogP contribution in [0.25, 0.3) is 0 Å². The Morgan fingerprint density at radius 2 is 1.93 bits per heavy atom. The van der Waals surface area contributed by atoms with E-state index in [4.69, 9.17) is 14.2 Å². The van der Waals surface area contributed by atoms with Gasteiger partial charge in [-0.1, -0.05) is 30.3 Å². The molecular weight excluding hydrogens is 391 g/mol. The van der Waals surface area contributed by atoms with E-state index in [2.05, 4.69) is 5.32 Å². The lowest BCUT2D eigenvalue weighted by molar-refractivity contribution is 0.0544. The normalized spacial score (nSPS) is 18.6. The first-order chi connectivity index (χ1) is 14.5. The number of carbonyl (C=O) groups excluding carboxylic acids is 2. The molecule has 1 fully saturated rings. The molecule has 1 aliphatic heterocycles. The van der Waals surface area contributed by atoms with Crippen LogP contribution in [0.5, 0.6) is 0 Å². The summed E-state index contributed by atoms with van der Waals surface area (Å²) in [6.07, 6.45) is -0.372. The number of ether oxygens (including phenoxy) is 3. The summed E-state index contributed by atoms with van der Waals surface area (Å²) < 4.78 is 29.9. The standard InChI is InChI=1S/C22H25FN2O5/c1-28-20-13-25(19-12-16(21(26)29-2)8-9-17(19)23)11-10-18(20)24-22(27)30-14-15-6-4-3-5-7-15/h3-9,12,18,20H,10-11,13-14H2,1-2H3,(H,24,27)/t18-,20+/m1/s1. The van der Waals surface area contributed by atoms with Crippen molar-refractivity contribution in [3.63, 3.8) is 0 Å². The minimum Gasteiger partial charge on any atom is -0.465 e. The van der Waals surface area contributed by atoms with Crippen LogP contribution in [0.2, 0.25) is 0 Å². The van der Waals surface area contributed by atoms with Gasteiger partial charge in [0.05, 0.1) is 30.5 Å². The van der Waals surface area contributed by atoms with Gasteiger partial charge < -0.3 is 24.4 Å². The number of methoxy groups -OCH3 is 2. The number of rotatable bonds is 6. The molecule has 1 heterocycles. The molecule has 0 saturated carbocycles. The Hall–Kier alpha value is -3.13. The topological polar surface area (TPSA) is 77.1 Å². The van der Waals surface area contributed by atoms with E-state index in [1.807, 2.05) is 30.3 Å². The van der Waals surface area contributed by atoms with Gasteiger partial charge in [0.15, 0.2) is 0 Å². The highest BCUT2D eigenvalue weighted by Crippen LogP contribution is 2.26. The lowest BCUT2D eigenvalue weighted by atomic mass is 10.0. The van der Waals surface area contributed by atoms with E-state index in [0.717, 1.165) is 5.56 Å². The van der Waals surface area contributed by atoms with Crippen LogP contribution in [-0.2, 0) is 20.8 Å². The highest BCUT2D eigenvalue weighted by atomic mass is 19.1. The molecular formula is C22H25FN2O5. The molecule has 1 aliphatic rings. The first kappa shape index (κ1) is 21.6. The first-order valence-electron chi connectivity index (χ1n) is 9.64. The van der Waals surface area contributed by atoms with Gasteiger partial charge in [-0.3, -0.25) is 0 Å². The summed E-state index contributed by atoms with van der Waals surface area (Å²) in [7, 11) is 2.82. The number of piperidine rings is 1. The van der Waals surface area contributed by atoms with Crippen molar-refractivity contribution in [1.82, 2.24) is 5.32 Å². The van der Waals surface area contributed by atoms with Crippen LogP contribution in [0.1, 0.15) is 22.3 Å². The van der Waals surface area contributed by atoms with E-state index in [-0.39, 0.29) is 24.3 Å². The van der Waals surface area contributed by atoms with Gasteiger partial charge in [0.1, 0.15) is 12.4 Å².